The van der Waals surface area contributed by atoms with Crippen molar-refractivity contribution in [2.75, 3.05) is 6.54 Å². The number of hydrogen-bond acceptors (Lipinski definition) is 1. The van der Waals surface area contributed by atoms with E-state index in [0.29, 0.717) is 6.04 Å². The SMILES string of the molecule is CCNC(C)CC(C)C(C)CC. The van der Waals surface area contributed by atoms with Crippen LogP contribution < -0.4 is 5.32 Å². The molecular formula is C11H25N. The average molecular weight is 171 g/mol. The Labute approximate surface area is 77.9 Å². The molecule has 12 heavy (non-hydrogen) atoms. The van der Waals surface area contributed by atoms with Gasteiger partial charge in [-0.2, -0.15) is 0 Å². The minimum Gasteiger partial charge on any atom is -0.315 e. The fourth-order valence-electron chi connectivity index (χ4n) is 1.62. The summed E-state index contributed by atoms with van der Waals surface area (Å²) >= 11 is 0. The predicted molar refractivity (Wildman–Crippen MR) is 56.4 cm³/mol. The lowest BCUT2D eigenvalue weighted by Gasteiger charge is -2.22. The van der Waals surface area contributed by atoms with E-state index in [-0.39, 0.29) is 0 Å². The molecule has 0 aromatic rings. The molecule has 0 aliphatic rings. The predicted octanol–water partition coefficient (Wildman–Crippen LogP) is 3.06. The van der Waals surface area contributed by atoms with Crippen molar-refractivity contribution in [3.63, 3.8) is 0 Å². The first kappa shape index (κ1) is 12.0. The molecule has 1 nitrogen and oxygen atoms in total. The maximum absolute atomic E-state index is 3.46. The molecular weight excluding hydrogens is 146 g/mol. The van der Waals surface area contributed by atoms with Crippen molar-refractivity contribution < 1.29 is 0 Å². The van der Waals surface area contributed by atoms with E-state index in [2.05, 4.69) is 39.9 Å². The van der Waals surface area contributed by atoms with E-state index >= 15 is 0 Å². The molecule has 0 saturated carbocycles. The molecule has 1 heteroatoms. The van der Waals surface area contributed by atoms with Gasteiger partial charge in [0.25, 0.3) is 0 Å². The smallest absolute Gasteiger partial charge is 0.00412 e. The first-order valence-electron chi connectivity index (χ1n) is 5.35. The van der Waals surface area contributed by atoms with E-state index in [1.807, 2.05) is 0 Å². The maximum atomic E-state index is 3.46. The highest BCUT2D eigenvalue weighted by Crippen LogP contribution is 2.19. The second-order valence-electron chi connectivity index (χ2n) is 4.06. The first-order valence-corrected chi connectivity index (χ1v) is 5.35. The van der Waals surface area contributed by atoms with Crippen LogP contribution in [0, 0.1) is 11.8 Å². The van der Waals surface area contributed by atoms with Crippen molar-refractivity contribution in [3.05, 3.63) is 0 Å². The summed E-state index contributed by atoms with van der Waals surface area (Å²) in [6, 6.07) is 0.680. The van der Waals surface area contributed by atoms with Gasteiger partial charge in [-0.05, 0) is 31.7 Å². The Hall–Kier alpha value is -0.0400. The standard InChI is InChI=1S/C11H25N/c1-6-9(3)10(4)8-11(5)12-7-2/h9-12H,6-8H2,1-5H3. The average Bonchev–Trinajstić information content (AvgIpc) is 2.03. The zero-order chi connectivity index (χ0) is 9.56. The van der Waals surface area contributed by atoms with Crippen LogP contribution in [0.3, 0.4) is 0 Å². The van der Waals surface area contributed by atoms with Crippen LogP contribution >= 0.6 is 0 Å². The lowest BCUT2D eigenvalue weighted by atomic mass is 9.88. The summed E-state index contributed by atoms with van der Waals surface area (Å²) in [4.78, 5) is 0. The fraction of sp³-hybridized carbons (Fsp3) is 1.00. The summed E-state index contributed by atoms with van der Waals surface area (Å²) in [5, 5.41) is 3.46. The molecule has 0 fully saturated rings. The van der Waals surface area contributed by atoms with Gasteiger partial charge in [-0.25, -0.2) is 0 Å². The Kier molecular flexibility index (Phi) is 6.45. The van der Waals surface area contributed by atoms with Gasteiger partial charge in [-0.3, -0.25) is 0 Å². The zero-order valence-corrected chi connectivity index (χ0v) is 9.35. The van der Waals surface area contributed by atoms with Crippen molar-refractivity contribution >= 4 is 0 Å². The van der Waals surface area contributed by atoms with Crippen LogP contribution in [0.25, 0.3) is 0 Å². The van der Waals surface area contributed by atoms with E-state index in [0.717, 1.165) is 18.4 Å². The van der Waals surface area contributed by atoms with Crippen molar-refractivity contribution in [2.24, 2.45) is 11.8 Å². The van der Waals surface area contributed by atoms with Gasteiger partial charge in [-0.1, -0.05) is 34.1 Å². The molecule has 0 aromatic heterocycles. The molecule has 0 amide bonds. The van der Waals surface area contributed by atoms with Crippen LogP contribution in [-0.2, 0) is 0 Å². The highest BCUT2D eigenvalue weighted by molar-refractivity contribution is 4.67. The summed E-state index contributed by atoms with van der Waals surface area (Å²) in [7, 11) is 0. The molecule has 0 spiro atoms. The monoisotopic (exact) mass is 171 g/mol. The Balaban J connectivity index is 3.59. The van der Waals surface area contributed by atoms with Gasteiger partial charge in [0, 0.05) is 6.04 Å². The van der Waals surface area contributed by atoms with Crippen LogP contribution in [0.4, 0.5) is 0 Å². The maximum Gasteiger partial charge on any atom is 0.00412 e. The fourth-order valence-corrected chi connectivity index (χ4v) is 1.62. The minimum absolute atomic E-state index is 0.680. The topological polar surface area (TPSA) is 12.0 Å². The van der Waals surface area contributed by atoms with Gasteiger partial charge in [0.2, 0.25) is 0 Å². The highest BCUT2D eigenvalue weighted by atomic mass is 14.9. The Bertz CT molecular complexity index is 101. The Morgan fingerprint density at radius 3 is 2.00 bits per heavy atom. The lowest BCUT2D eigenvalue weighted by Crippen LogP contribution is -2.28. The van der Waals surface area contributed by atoms with Crippen LogP contribution in [0.1, 0.15) is 47.5 Å². The molecule has 0 aliphatic carbocycles. The van der Waals surface area contributed by atoms with Gasteiger partial charge in [-0.15, -0.1) is 0 Å². The van der Waals surface area contributed by atoms with Crippen LogP contribution in [0.2, 0.25) is 0 Å². The number of rotatable bonds is 6. The lowest BCUT2D eigenvalue weighted by molar-refractivity contribution is 0.318. The van der Waals surface area contributed by atoms with Gasteiger partial charge in [0.05, 0.1) is 0 Å². The third kappa shape index (κ3) is 4.76. The Morgan fingerprint density at radius 2 is 1.58 bits per heavy atom. The third-order valence-corrected chi connectivity index (χ3v) is 2.89. The van der Waals surface area contributed by atoms with E-state index in [1.165, 1.54) is 12.8 Å². The molecule has 74 valence electrons. The normalized spacial score (nSPS) is 18.8. The number of nitrogens with one attached hydrogen (secondary N) is 1. The molecule has 0 saturated heterocycles. The zero-order valence-electron chi connectivity index (χ0n) is 9.35. The van der Waals surface area contributed by atoms with E-state index in [4.69, 9.17) is 0 Å². The van der Waals surface area contributed by atoms with Crippen LogP contribution in [-0.4, -0.2) is 12.6 Å². The second-order valence-corrected chi connectivity index (χ2v) is 4.06. The van der Waals surface area contributed by atoms with Crippen LogP contribution in [0.15, 0.2) is 0 Å². The molecule has 0 aliphatic heterocycles. The highest BCUT2D eigenvalue weighted by Gasteiger charge is 2.12. The van der Waals surface area contributed by atoms with Crippen molar-refractivity contribution in [2.45, 2.75) is 53.5 Å². The van der Waals surface area contributed by atoms with E-state index in [1.54, 1.807) is 0 Å². The van der Waals surface area contributed by atoms with Crippen molar-refractivity contribution in [3.8, 4) is 0 Å². The molecule has 1 N–H and O–H groups in total. The summed E-state index contributed by atoms with van der Waals surface area (Å²) in [6.07, 6.45) is 2.61. The third-order valence-electron chi connectivity index (χ3n) is 2.89. The van der Waals surface area contributed by atoms with Gasteiger partial charge < -0.3 is 5.32 Å². The molecule has 3 unspecified atom stereocenters. The van der Waals surface area contributed by atoms with Gasteiger partial charge in [0.1, 0.15) is 0 Å². The Morgan fingerprint density at radius 1 is 1.00 bits per heavy atom. The summed E-state index contributed by atoms with van der Waals surface area (Å²) in [5.41, 5.74) is 0. The summed E-state index contributed by atoms with van der Waals surface area (Å²) < 4.78 is 0. The second kappa shape index (κ2) is 6.47. The molecule has 0 bridgehead atoms. The minimum atomic E-state index is 0.680. The van der Waals surface area contributed by atoms with Crippen molar-refractivity contribution in [1.29, 1.82) is 0 Å². The van der Waals surface area contributed by atoms with Gasteiger partial charge >= 0.3 is 0 Å². The molecule has 0 radical (unpaired) electrons. The first-order chi connectivity index (χ1) is 5.61. The van der Waals surface area contributed by atoms with E-state index < -0.39 is 0 Å². The molecule has 3 atom stereocenters. The largest absolute Gasteiger partial charge is 0.315 e. The summed E-state index contributed by atoms with van der Waals surface area (Å²) in [5.74, 6) is 1.72. The summed E-state index contributed by atoms with van der Waals surface area (Å²) in [6.45, 7) is 12.5. The van der Waals surface area contributed by atoms with Crippen molar-refractivity contribution in [1.82, 2.24) is 5.32 Å². The van der Waals surface area contributed by atoms with Crippen LogP contribution in [0.5, 0.6) is 0 Å². The molecule has 0 rings (SSSR count). The molecule has 0 aromatic carbocycles. The van der Waals surface area contributed by atoms with Gasteiger partial charge in [0.15, 0.2) is 0 Å². The van der Waals surface area contributed by atoms with E-state index in [9.17, 15) is 0 Å². The number of hydrogen-bond donors (Lipinski definition) is 1. The quantitative estimate of drug-likeness (QED) is 0.647. The molecule has 0 heterocycles.